The summed E-state index contributed by atoms with van der Waals surface area (Å²) in [6.07, 6.45) is -0.306. The second kappa shape index (κ2) is 10.0. The van der Waals surface area contributed by atoms with Gasteiger partial charge < -0.3 is 19.1 Å². The highest BCUT2D eigenvalue weighted by Gasteiger charge is 2.24. The number of esters is 1. The molecule has 3 aromatic rings. The van der Waals surface area contributed by atoms with Crippen LogP contribution in [0.25, 0.3) is 10.6 Å². The van der Waals surface area contributed by atoms with Crippen molar-refractivity contribution in [2.45, 2.75) is 12.5 Å². The smallest absolute Gasteiger partial charge is 0.312 e. The number of hydrogen-bond donors (Lipinski definition) is 0. The number of rotatable bonds is 7. The maximum atomic E-state index is 12.4. The van der Waals surface area contributed by atoms with Crippen LogP contribution in [0.15, 0.2) is 53.9 Å². The van der Waals surface area contributed by atoms with Gasteiger partial charge in [0.2, 0.25) is 0 Å². The highest BCUT2D eigenvalue weighted by molar-refractivity contribution is 7.13. The molecule has 0 fully saturated rings. The lowest BCUT2D eigenvalue weighted by atomic mass is 10.2. The van der Waals surface area contributed by atoms with Gasteiger partial charge in [-0.3, -0.25) is 9.59 Å². The first-order valence-electron chi connectivity index (χ1n) is 9.96. The van der Waals surface area contributed by atoms with Gasteiger partial charge in [-0.1, -0.05) is 35.9 Å². The largest absolute Gasteiger partial charge is 0.486 e. The normalized spacial score (nSPS) is 14.6. The van der Waals surface area contributed by atoms with E-state index in [0.717, 1.165) is 10.6 Å². The van der Waals surface area contributed by atoms with Crippen LogP contribution in [-0.2, 0) is 20.7 Å². The Morgan fingerprint density at radius 2 is 2.03 bits per heavy atom. The monoisotopic (exact) mass is 472 g/mol. The number of thiazole rings is 1. The van der Waals surface area contributed by atoms with Crippen molar-refractivity contribution in [3.8, 4) is 22.1 Å². The Bertz CT molecular complexity index is 1120. The molecule has 2 aromatic carbocycles. The lowest BCUT2D eigenvalue weighted by Gasteiger charge is -2.29. The number of benzene rings is 2. The molecule has 1 unspecified atom stereocenters. The third-order valence-electron chi connectivity index (χ3n) is 4.78. The predicted molar refractivity (Wildman–Crippen MR) is 121 cm³/mol. The minimum atomic E-state index is -0.513. The van der Waals surface area contributed by atoms with E-state index in [9.17, 15) is 9.59 Å². The van der Waals surface area contributed by atoms with Crippen LogP contribution < -0.4 is 9.47 Å². The molecule has 0 N–H and O–H groups in total. The van der Waals surface area contributed by atoms with Gasteiger partial charge in [-0.15, -0.1) is 11.3 Å². The van der Waals surface area contributed by atoms with Crippen molar-refractivity contribution >= 4 is 34.8 Å². The van der Waals surface area contributed by atoms with Gasteiger partial charge in [0.15, 0.2) is 24.2 Å². The number of carbonyl (C=O) groups excluding carboxylic acids is 2. The van der Waals surface area contributed by atoms with Gasteiger partial charge in [-0.25, -0.2) is 4.98 Å². The second-order valence-electron chi connectivity index (χ2n) is 7.26. The molecule has 0 spiro atoms. The number of nitrogens with zero attached hydrogens (tertiary/aromatic N) is 2. The van der Waals surface area contributed by atoms with Gasteiger partial charge in [0.05, 0.1) is 18.7 Å². The van der Waals surface area contributed by atoms with E-state index in [1.54, 1.807) is 18.5 Å². The fourth-order valence-electron chi connectivity index (χ4n) is 3.15. The average molecular weight is 473 g/mol. The zero-order chi connectivity index (χ0) is 22.5. The Balaban J connectivity index is 1.23. The fraction of sp³-hybridized carbons (Fsp3) is 0.261. The van der Waals surface area contributed by atoms with Crippen LogP contribution in [-0.4, -0.2) is 54.7 Å². The number of carbonyl (C=O) groups is 2. The number of likely N-dealkylation sites (N-methyl/N-ethyl adjacent to an activating group) is 1. The summed E-state index contributed by atoms with van der Waals surface area (Å²) >= 11 is 7.44. The van der Waals surface area contributed by atoms with Crippen LogP contribution in [0.4, 0.5) is 0 Å². The second-order valence-corrected chi connectivity index (χ2v) is 8.56. The summed E-state index contributed by atoms with van der Waals surface area (Å²) in [6.45, 7) is 0.317. The molecule has 1 amide bonds. The van der Waals surface area contributed by atoms with Gasteiger partial charge in [0, 0.05) is 23.0 Å². The van der Waals surface area contributed by atoms with Crippen molar-refractivity contribution < 1.29 is 23.8 Å². The molecule has 0 bridgehead atoms. The Labute approximate surface area is 194 Å². The third-order valence-corrected chi connectivity index (χ3v) is 5.95. The molecule has 166 valence electrons. The van der Waals surface area contributed by atoms with E-state index in [4.69, 9.17) is 25.8 Å². The Hall–Kier alpha value is -3.10. The number of amides is 1. The molecule has 0 saturated carbocycles. The summed E-state index contributed by atoms with van der Waals surface area (Å²) in [5, 5.41) is 3.18. The number of ether oxygens (including phenoxy) is 3. The van der Waals surface area contributed by atoms with Gasteiger partial charge in [0.1, 0.15) is 11.6 Å². The molecule has 0 radical (unpaired) electrons. The van der Waals surface area contributed by atoms with Crippen LogP contribution in [0.5, 0.6) is 11.5 Å². The molecular formula is C23H21ClN2O5S. The van der Waals surface area contributed by atoms with E-state index in [1.807, 2.05) is 42.5 Å². The molecule has 9 heteroatoms. The minimum Gasteiger partial charge on any atom is -0.486 e. The molecule has 0 saturated heterocycles. The fourth-order valence-corrected chi connectivity index (χ4v) is 4.16. The molecule has 1 atom stereocenters. The van der Waals surface area contributed by atoms with Crippen molar-refractivity contribution in [3.63, 3.8) is 0 Å². The molecule has 0 aliphatic carbocycles. The van der Waals surface area contributed by atoms with Crippen molar-refractivity contribution in [1.82, 2.24) is 9.88 Å². The van der Waals surface area contributed by atoms with Crippen LogP contribution in [0.1, 0.15) is 5.69 Å². The molecule has 1 aliphatic heterocycles. The maximum Gasteiger partial charge on any atom is 0.312 e. The first kappa shape index (κ1) is 22.1. The van der Waals surface area contributed by atoms with Gasteiger partial charge >= 0.3 is 5.97 Å². The Morgan fingerprint density at radius 1 is 1.22 bits per heavy atom. The average Bonchev–Trinajstić information content (AvgIpc) is 3.26. The predicted octanol–water partition coefficient (Wildman–Crippen LogP) is 3.85. The van der Waals surface area contributed by atoms with E-state index < -0.39 is 5.97 Å². The SMILES string of the molecule is CN(CC1COc2ccccc2O1)C(=O)COC(=O)Cc1csc(-c2cccc(Cl)c2)n1. The highest BCUT2D eigenvalue weighted by Crippen LogP contribution is 2.31. The number of fused-ring (bicyclic) bond motifs is 1. The van der Waals surface area contributed by atoms with Gasteiger partial charge in [0.25, 0.3) is 5.91 Å². The van der Waals surface area contributed by atoms with Crippen molar-refractivity contribution in [3.05, 3.63) is 64.6 Å². The first-order chi connectivity index (χ1) is 15.5. The number of halogens is 1. The number of para-hydroxylation sites is 2. The lowest BCUT2D eigenvalue weighted by Crippen LogP contribution is -2.43. The summed E-state index contributed by atoms with van der Waals surface area (Å²) in [7, 11) is 1.64. The zero-order valence-electron chi connectivity index (χ0n) is 17.3. The summed E-state index contributed by atoms with van der Waals surface area (Å²) in [6, 6.07) is 14.7. The van der Waals surface area contributed by atoms with Crippen LogP contribution >= 0.6 is 22.9 Å². The maximum absolute atomic E-state index is 12.4. The van der Waals surface area contributed by atoms with Crippen LogP contribution in [0, 0.1) is 0 Å². The summed E-state index contributed by atoms with van der Waals surface area (Å²) < 4.78 is 16.7. The minimum absolute atomic E-state index is 0.00950. The van der Waals surface area contributed by atoms with Crippen LogP contribution in [0.3, 0.4) is 0 Å². The zero-order valence-corrected chi connectivity index (χ0v) is 18.9. The summed E-state index contributed by atoms with van der Waals surface area (Å²) in [4.78, 5) is 30.5. The quantitative estimate of drug-likeness (QED) is 0.486. The van der Waals surface area contributed by atoms with Crippen molar-refractivity contribution in [2.75, 3.05) is 26.8 Å². The highest BCUT2D eigenvalue weighted by atomic mass is 35.5. The molecule has 1 aromatic heterocycles. The summed E-state index contributed by atoms with van der Waals surface area (Å²) in [5.74, 6) is 0.503. The first-order valence-corrected chi connectivity index (χ1v) is 11.2. The topological polar surface area (TPSA) is 78.0 Å². The number of aromatic nitrogens is 1. The molecule has 2 heterocycles. The van der Waals surface area contributed by atoms with Gasteiger partial charge in [-0.2, -0.15) is 0 Å². The lowest BCUT2D eigenvalue weighted by molar-refractivity contribution is -0.151. The summed E-state index contributed by atoms with van der Waals surface area (Å²) in [5.41, 5.74) is 1.47. The molecule has 32 heavy (non-hydrogen) atoms. The van der Waals surface area contributed by atoms with E-state index in [0.29, 0.717) is 35.4 Å². The van der Waals surface area contributed by atoms with Crippen molar-refractivity contribution in [1.29, 1.82) is 0 Å². The van der Waals surface area contributed by atoms with E-state index in [2.05, 4.69) is 4.98 Å². The van der Waals surface area contributed by atoms with E-state index in [1.165, 1.54) is 16.2 Å². The third kappa shape index (κ3) is 5.57. The van der Waals surface area contributed by atoms with E-state index >= 15 is 0 Å². The Kier molecular flexibility index (Phi) is 6.92. The van der Waals surface area contributed by atoms with Crippen molar-refractivity contribution in [2.24, 2.45) is 0 Å². The molecular weight excluding hydrogens is 452 g/mol. The van der Waals surface area contributed by atoms with Gasteiger partial charge in [-0.05, 0) is 24.3 Å². The molecule has 4 rings (SSSR count). The molecule has 7 nitrogen and oxygen atoms in total. The molecule has 1 aliphatic rings. The Morgan fingerprint density at radius 3 is 2.84 bits per heavy atom. The standard InChI is InChI=1S/C23H21ClN2O5S/c1-26(11-18-12-29-19-7-2-3-8-20(19)31-18)21(27)13-30-22(28)10-17-14-32-23(25-17)15-5-4-6-16(24)9-15/h2-9,14,18H,10-13H2,1H3. The van der Waals surface area contributed by atoms with E-state index in [-0.39, 0.29) is 25.0 Å². The van der Waals surface area contributed by atoms with Crippen LogP contribution in [0.2, 0.25) is 5.02 Å². The number of hydrogen-bond acceptors (Lipinski definition) is 7.